The second-order valence-corrected chi connectivity index (χ2v) is 10.2. The molecule has 0 saturated heterocycles. The lowest BCUT2D eigenvalue weighted by Gasteiger charge is -2.21. The SMILES string of the molecule is COc1cc(/C=N\NC(=O)[C@@H](Cc2ccccc2)NC(=O)[C@H](C)Oc2ccc(Cl)cc2Cl)cc(Br)c1OCC(=O)O. The molecule has 10 nitrogen and oxygen atoms in total. The molecule has 3 rings (SSSR count). The molecule has 3 aromatic rings. The molecular formula is C28H26BrCl2N3O7. The van der Waals surface area contributed by atoms with Gasteiger partial charge in [0.2, 0.25) is 0 Å². The van der Waals surface area contributed by atoms with E-state index >= 15 is 0 Å². The molecule has 0 aliphatic rings. The number of hydrogen-bond acceptors (Lipinski definition) is 7. The largest absolute Gasteiger partial charge is 0.493 e. The molecule has 0 radical (unpaired) electrons. The van der Waals surface area contributed by atoms with Gasteiger partial charge in [-0.25, -0.2) is 10.2 Å². The first-order valence-electron chi connectivity index (χ1n) is 12.1. The summed E-state index contributed by atoms with van der Waals surface area (Å²) < 4.78 is 16.7. The third kappa shape index (κ3) is 9.66. The van der Waals surface area contributed by atoms with Crippen molar-refractivity contribution >= 4 is 63.1 Å². The minimum Gasteiger partial charge on any atom is -0.493 e. The fourth-order valence-electron chi connectivity index (χ4n) is 3.50. The summed E-state index contributed by atoms with van der Waals surface area (Å²) >= 11 is 15.4. The third-order valence-electron chi connectivity index (χ3n) is 5.46. The van der Waals surface area contributed by atoms with Crippen molar-refractivity contribution in [3.63, 3.8) is 0 Å². The molecule has 216 valence electrons. The van der Waals surface area contributed by atoms with Crippen LogP contribution in [0.2, 0.25) is 10.0 Å². The van der Waals surface area contributed by atoms with Gasteiger partial charge in [0, 0.05) is 11.4 Å². The highest BCUT2D eigenvalue weighted by molar-refractivity contribution is 9.10. The molecule has 41 heavy (non-hydrogen) atoms. The molecule has 0 aliphatic heterocycles. The van der Waals surface area contributed by atoms with Gasteiger partial charge in [-0.1, -0.05) is 53.5 Å². The molecule has 3 N–H and O–H groups in total. The van der Waals surface area contributed by atoms with Gasteiger partial charge in [-0.3, -0.25) is 9.59 Å². The van der Waals surface area contributed by atoms with Crippen LogP contribution < -0.4 is 25.0 Å². The van der Waals surface area contributed by atoms with Gasteiger partial charge in [0.25, 0.3) is 11.8 Å². The van der Waals surface area contributed by atoms with Crippen LogP contribution in [0.3, 0.4) is 0 Å². The average molecular weight is 667 g/mol. The van der Waals surface area contributed by atoms with Gasteiger partial charge in [-0.2, -0.15) is 5.10 Å². The summed E-state index contributed by atoms with van der Waals surface area (Å²) in [6.07, 6.45) is 0.578. The molecule has 0 aromatic heterocycles. The number of hydrogen-bond donors (Lipinski definition) is 3. The van der Waals surface area contributed by atoms with E-state index in [-0.39, 0.29) is 28.7 Å². The van der Waals surface area contributed by atoms with Gasteiger partial charge < -0.3 is 24.6 Å². The van der Waals surface area contributed by atoms with Crippen molar-refractivity contribution in [2.75, 3.05) is 13.7 Å². The fourth-order valence-corrected chi connectivity index (χ4v) is 4.53. The number of nitrogens with zero attached hydrogens (tertiary/aromatic N) is 1. The molecule has 2 amide bonds. The lowest BCUT2D eigenvalue weighted by molar-refractivity contribution is -0.139. The number of aliphatic carboxylic acids is 1. The number of rotatable bonds is 13. The Hall–Kier alpha value is -3.80. The van der Waals surface area contributed by atoms with Gasteiger partial charge in [0.15, 0.2) is 24.2 Å². The van der Waals surface area contributed by atoms with Crippen LogP contribution in [-0.4, -0.2) is 55.0 Å². The lowest BCUT2D eigenvalue weighted by atomic mass is 10.1. The summed E-state index contributed by atoms with van der Waals surface area (Å²) in [5.74, 6) is -1.51. The summed E-state index contributed by atoms with van der Waals surface area (Å²) in [5, 5.41) is 16.3. The minimum absolute atomic E-state index is 0.192. The molecule has 0 spiro atoms. The zero-order valence-corrected chi connectivity index (χ0v) is 25.0. The van der Waals surface area contributed by atoms with Crippen LogP contribution in [0.4, 0.5) is 0 Å². The van der Waals surface area contributed by atoms with Crippen LogP contribution in [0, 0.1) is 0 Å². The Morgan fingerprint density at radius 3 is 2.44 bits per heavy atom. The van der Waals surface area contributed by atoms with Crippen LogP contribution in [-0.2, 0) is 20.8 Å². The van der Waals surface area contributed by atoms with E-state index in [0.717, 1.165) is 5.56 Å². The van der Waals surface area contributed by atoms with Crippen molar-refractivity contribution in [2.45, 2.75) is 25.5 Å². The number of methoxy groups -OCH3 is 1. The average Bonchev–Trinajstić information content (AvgIpc) is 2.93. The zero-order chi connectivity index (χ0) is 29.9. The zero-order valence-electron chi connectivity index (χ0n) is 21.9. The molecule has 0 fully saturated rings. The Balaban J connectivity index is 1.72. The Labute approximate surface area is 254 Å². The van der Waals surface area contributed by atoms with Crippen molar-refractivity contribution < 1.29 is 33.7 Å². The highest BCUT2D eigenvalue weighted by Gasteiger charge is 2.25. The number of benzene rings is 3. The number of halogens is 3. The van der Waals surface area contributed by atoms with E-state index in [2.05, 4.69) is 31.8 Å². The summed E-state index contributed by atoms with van der Waals surface area (Å²) in [5.41, 5.74) is 3.78. The first kappa shape index (κ1) is 31.7. The fraction of sp³-hybridized carbons (Fsp3) is 0.214. The second-order valence-electron chi connectivity index (χ2n) is 8.54. The van der Waals surface area contributed by atoms with Crippen LogP contribution in [0.15, 0.2) is 70.2 Å². The number of amides is 2. The Kier molecular flexibility index (Phi) is 11.8. The maximum absolute atomic E-state index is 13.1. The maximum atomic E-state index is 13.1. The van der Waals surface area contributed by atoms with Crippen molar-refractivity contribution in [3.8, 4) is 17.2 Å². The number of carboxylic acids is 1. The van der Waals surface area contributed by atoms with Gasteiger partial charge in [0.05, 0.1) is 22.8 Å². The standard InChI is InChI=1S/C28H26BrCl2N3O7/c1-16(41-23-9-8-19(30)13-21(23)31)27(37)33-22(11-17-6-4-3-5-7-17)28(38)34-32-14-18-10-20(29)26(24(12-18)39-2)40-15-25(35)36/h3-10,12-14,16,22H,11,15H2,1-2H3,(H,33,37)(H,34,38)(H,35,36)/b32-14-/t16-,22+/m0/s1. The Bertz CT molecular complexity index is 1420. The summed E-state index contributed by atoms with van der Waals surface area (Å²) in [6, 6.07) is 16.0. The summed E-state index contributed by atoms with van der Waals surface area (Å²) in [6.45, 7) is 0.981. The van der Waals surface area contributed by atoms with Crippen molar-refractivity contribution in [1.29, 1.82) is 0 Å². The number of nitrogens with one attached hydrogen (secondary N) is 2. The first-order valence-corrected chi connectivity index (χ1v) is 13.6. The van der Waals surface area contributed by atoms with Gasteiger partial charge in [-0.05, 0) is 64.3 Å². The number of ether oxygens (including phenoxy) is 3. The molecule has 3 aromatic carbocycles. The number of carboxylic acid groups (broad SMARTS) is 1. The van der Waals surface area contributed by atoms with Gasteiger partial charge in [-0.15, -0.1) is 0 Å². The van der Waals surface area contributed by atoms with Crippen molar-refractivity contribution in [3.05, 3.63) is 86.3 Å². The molecule has 0 bridgehead atoms. The Morgan fingerprint density at radius 2 is 1.78 bits per heavy atom. The summed E-state index contributed by atoms with van der Waals surface area (Å²) in [7, 11) is 1.40. The second kappa shape index (κ2) is 15.3. The molecule has 0 heterocycles. The molecule has 0 saturated carbocycles. The minimum atomic E-state index is -1.14. The highest BCUT2D eigenvalue weighted by atomic mass is 79.9. The van der Waals surface area contributed by atoms with Crippen molar-refractivity contribution in [2.24, 2.45) is 5.10 Å². The van der Waals surface area contributed by atoms with Crippen LogP contribution in [0.25, 0.3) is 0 Å². The molecule has 2 atom stereocenters. The quantitative estimate of drug-likeness (QED) is 0.175. The smallest absolute Gasteiger partial charge is 0.341 e. The topological polar surface area (TPSA) is 136 Å². The lowest BCUT2D eigenvalue weighted by Crippen LogP contribution is -2.50. The van der Waals surface area contributed by atoms with Crippen molar-refractivity contribution in [1.82, 2.24) is 10.7 Å². The van der Waals surface area contributed by atoms with Crippen LogP contribution in [0.1, 0.15) is 18.1 Å². The van der Waals surface area contributed by atoms with Crippen LogP contribution in [0.5, 0.6) is 17.2 Å². The number of carbonyl (C=O) groups is 3. The first-order chi connectivity index (χ1) is 19.6. The van der Waals surface area contributed by atoms with Gasteiger partial charge in [0.1, 0.15) is 11.8 Å². The van der Waals surface area contributed by atoms with E-state index in [1.807, 2.05) is 30.3 Å². The van der Waals surface area contributed by atoms with E-state index in [9.17, 15) is 14.4 Å². The maximum Gasteiger partial charge on any atom is 0.341 e. The monoisotopic (exact) mass is 665 g/mol. The van der Waals surface area contributed by atoms with E-state index in [1.165, 1.54) is 26.3 Å². The number of carbonyl (C=O) groups excluding carboxylic acids is 2. The predicted octanol–water partition coefficient (Wildman–Crippen LogP) is 4.87. The van der Waals surface area contributed by atoms with E-state index in [4.69, 9.17) is 42.5 Å². The van der Waals surface area contributed by atoms with E-state index in [1.54, 1.807) is 24.3 Å². The molecule has 0 aliphatic carbocycles. The third-order valence-corrected chi connectivity index (χ3v) is 6.58. The normalized spacial score (nSPS) is 12.3. The Morgan fingerprint density at radius 1 is 1.05 bits per heavy atom. The van der Waals surface area contributed by atoms with Gasteiger partial charge >= 0.3 is 5.97 Å². The van der Waals surface area contributed by atoms with E-state index in [0.29, 0.717) is 15.1 Å². The molecule has 0 unspecified atom stereocenters. The van der Waals surface area contributed by atoms with Crippen LogP contribution >= 0.6 is 39.1 Å². The predicted molar refractivity (Wildman–Crippen MR) is 158 cm³/mol. The molecule has 13 heteroatoms. The highest BCUT2D eigenvalue weighted by Crippen LogP contribution is 2.36. The number of hydrazone groups is 1. The summed E-state index contributed by atoms with van der Waals surface area (Å²) in [4.78, 5) is 36.9. The van der Waals surface area contributed by atoms with E-state index < -0.39 is 36.5 Å². The molecular weight excluding hydrogens is 641 g/mol.